The number of phenolic OH excluding ortho intramolecular Hbond substituents is 1. The average Bonchev–Trinajstić information content (AvgIpc) is 2.31. The van der Waals surface area contributed by atoms with Gasteiger partial charge in [0.25, 0.3) is 0 Å². The molecule has 0 atom stereocenters. The lowest BCUT2D eigenvalue weighted by Crippen LogP contribution is -2.36. The Morgan fingerprint density at radius 3 is 2.67 bits per heavy atom. The molecule has 0 saturated heterocycles. The van der Waals surface area contributed by atoms with Crippen LogP contribution in [0.25, 0.3) is 0 Å². The second kappa shape index (κ2) is 6.11. The number of nitrogens with one attached hydrogen (secondary N) is 1. The molecule has 0 unspecified atom stereocenters. The molecule has 0 radical (unpaired) electrons. The molecule has 0 aliphatic heterocycles. The van der Waals surface area contributed by atoms with Crippen molar-refractivity contribution in [3.63, 3.8) is 0 Å². The predicted molar refractivity (Wildman–Crippen MR) is 64.0 cm³/mol. The summed E-state index contributed by atoms with van der Waals surface area (Å²) in [7, 11) is 3.08. The first-order valence-electron chi connectivity index (χ1n) is 5.35. The van der Waals surface area contributed by atoms with Crippen molar-refractivity contribution < 1.29 is 19.1 Å². The summed E-state index contributed by atoms with van der Waals surface area (Å²) >= 11 is 0. The molecule has 1 aromatic rings. The molecular formula is C12H15FN2O3. The van der Waals surface area contributed by atoms with Crippen LogP contribution in [0.3, 0.4) is 0 Å². The van der Waals surface area contributed by atoms with Gasteiger partial charge in [0.05, 0.1) is 18.7 Å². The highest BCUT2D eigenvalue weighted by Crippen LogP contribution is 2.18. The lowest BCUT2D eigenvalue weighted by molar-refractivity contribution is -0.121. The molecule has 0 aliphatic carbocycles. The normalized spacial score (nSPS) is 10.4. The zero-order valence-corrected chi connectivity index (χ0v) is 10.2. The summed E-state index contributed by atoms with van der Waals surface area (Å²) in [5.41, 5.74) is -0.0845. The summed E-state index contributed by atoms with van der Waals surface area (Å²) < 4.78 is 13.0. The Bertz CT molecular complexity index is 463. The standard InChI is InChI=1S/C12H15FN2O3/c1-14-12(18)7-15(2)6-11(17)9-5-8(13)3-4-10(9)16/h3-5,16H,6-7H2,1-2H3,(H,14,18). The number of carbonyl (C=O) groups is 2. The minimum atomic E-state index is -0.592. The zero-order valence-electron chi connectivity index (χ0n) is 10.2. The lowest BCUT2D eigenvalue weighted by Gasteiger charge is -2.14. The van der Waals surface area contributed by atoms with E-state index in [1.807, 2.05) is 0 Å². The molecule has 6 heteroatoms. The first kappa shape index (κ1) is 14.1. The highest BCUT2D eigenvalue weighted by molar-refractivity contribution is 6.00. The third-order valence-corrected chi connectivity index (χ3v) is 2.36. The fourth-order valence-electron chi connectivity index (χ4n) is 1.44. The molecular weight excluding hydrogens is 239 g/mol. The summed E-state index contributed by atoms with van der Waals surface area (Å²) in [6.45, 7) is -0.0250. The van der Waals surface area contributed by atoms with Crippen molar-refractivity contribution >= 4 is 11.7 Å². The third kappa shape index (κ3) is 3.81. The molecule has 98 valence electrons. The average molecular weight is 254 g/mol. The Kier molecular flexibility index (Phi) is 4.79. The lowest BCUT2D eigenvalue weighted by atomic mass is 10.1. The minimum Gasteiger partial charge on any atom is -0.507 e. The van der Waals surface area contributed by atoms with E-state index in [0.717, 1.165) is 18.2 Å². The second-order valence-electron chi connectivity index (χ2n) is 3.93. The Morgan fingerprint density at radius 2 is 2.06 bits per heavy atom. The molecule has 0 heterocycles. The fourth-order valence-corrected chi connectivity index (χ4v) is 1.44. The van der Waals surface area contributed by atoms with E-state index in [0.29, 0.717) is 0 Å². The molecule has 0 aliphatic rings. The summed E-state index contributed by atoms with van der Waals surface area (Å²) in [6, 6.07) is 3.17. The number of aromatic hydroxyl groups is 1. The number of carbonyl (C=O) groups excluding carboxylic acids is 2. The maximum Gasteiger partial charge on any atom is 0.233 e. The van der Waals surface area contributed by atoms with Crippen molar-refractivity contribution in [2.75, 3.05) is 27.2 Å². The van der Waals surface area contributed by atoms with Crippen molar-refractivity contribution in [1.82, 2.24) is 10.2 Å². The number of hydrogen-bond acceptors (Lipinski definition) is 4. The van der Waals surface area contributed by atoms with Crippen LogP contribution in [0.5, 0.6) is 5.75 Å². The van der Waals surface area contributed by atoms with Crippen LogP contribution in [0.1, 0.15) is 10.4 Å². The molecule has 0 fully saturated rings. The first-order chi connectivity index (χ1) is 8.43. The number of Topliss-reactive ketones (excluding diaryl/α,β-unsaturated/α-hetero) is 1. The van der Waals surface area contributed by atoms with Crippen LogP contribution in [-0.4, -0.2) is 48.9 Å². The quantitative estimate of drug-likeness (QED) is 0.746. The van der Waals surface area contributed by atoms with E-state index in [1.54, 1.807) is 7.05 Å². The highest BCUT2D eigenvalue weighted by Gasteiger charge is 2.15. The molecule has 0 saturated carbocycles. The van der Waals surface area contributed by atoms with Crippen molar-refractivity contribution in [2.45, 2.75) is 0 Å². The van der Waals surface area contributed by atoms with E-state index in [4.69, 9.17) is 0 Å². The van der Waals surface area contributed by atoms with Crippen molar-refractivity contribution in [3.05, 3.63) is 29.6 Å². The van der Waals surface area contributed by atoms with Crippen LogP contribution in [0, 0.1) is 5.82 Å². The number of amides is 1. The number of nitrogens with zero attached hydrogens (tertiary/aromatic N) is 1. The number of benzene rings is 1. The molecule has 1 rings (SSSR count). The largest absolute Gasteiger partial charge is 0.507 e. The van der Waals surface area contributed by atoms with Gasteiger partial charge in [0, 0.05) is 7.05 Å². The van der Waals surface area contributed by atoms with E-state index in [-0.39, 0.29) is 30.3 Å². The zero-order chi connectivity index (χ0) is 13.7. The van der Waals surface area contributed by atoms with Crippen LogP contribution in [0.15, 0.2) is 18.2 Å². The van der Waals surface area contributed by atoms with Crippen LogP contribution in [0.4, 0.5) is 4.39 Å². The maximum absolute atomic E-state index is 13.0. The van der Waals surface area contributed by atoms with Gasteiger partial charge in [0.15, 0.2) is 5.78 Å². The number of likely N-dealkylation sites (N-methyl/N-ethyl adjacent to an activating group) is 2. The first-order valence-corrected chi connectivity index (χ1v) is 5.35. The Hall–Kier alpha value is -1.95. The van der Waals surface area contributed by atoms with Gasteiger partial charge < -0.3 is 10.4 Å². The molecule has 2 N–H and O–H groups in total. The van der Waals surface area contributed by atoms with Gasteiger partial charge in [0.2, 0.25) is 5.91 Å². The van der Waals surface area contributed by atoms with Gasteiger partial charge >= 0.3 is 0 Å². The topological polar surface area (TPSA) is 69.6 Å². The van der Waals surface area contributed by atoms with Crippen LogP contribution in [-0.2, 0) is 4.79 Å². The summed E-state index contributed by atoms with van der Waals surface area (Å²) in [4.78, 5) is 24.4. The summed E-state index contributed by atoms with van der Waals surface area (Å²) in [6.07, 6.45) is 0. The van der Waals surface area contributed by atoms with Gasteiger partial charge in [-0.2, -0.15) is 0 Å². The van der Waals surface area contributed by atoms with E-state index < -0.39 is 11.6 Å². The number of halogens is 1. The molecule has 18 heavy (non-hydrogen) atoms. The van der Waals surface area contributed by atoms with Gasteiger partial charge in [-0.15, -0.1) is 0 Å². The van der Waals surface area contributed by atoms with E-state index in [2.05, 4.69) is 5.32 Å². The molecule has 0 spiro atoms. The maximum atomic E-state index is 13.0. The second-order valence-corrected chi connectivity index (χ2v) is 3.93. The van der Waals surface area contributed by atoms with Gasteiger partial charge in [-0.25, -0.2) is 4.39 Å². The van der Waals surface area contributed by atoms with Crippen molar-refractivity contribution in [1.29, 1.82) is 0 Å². The number of ketones is 1. The highest BCUT2D eigenvalue weighted by atomic mass is 19.1. The van der Waals surface area contributed by atoms with E-state index >= 15 is 0 Å². The Balaban J connectivity index is 2.70. The molecule has 0 aromatic heterocycles. The third-order valence-electron chi connectivity index (χ3n) is 2.36. The molecule has 1 amide bonds. The number of hydrogen-bond donors (Lipinski definition) is 2. The van der Waals surface area contributed by atoms with Crippen LogP contribution >= 0.6 is 0 Å². The van der Waals surface area contributed by atoms with Crippen molar-refractivity contribution in [2.24, 2.45) is 0 Å². The minimum absolute atomic E-state index is 0.0539. The van der Waals surface area contributed by atoms with Crippen LogP contribution < -0.4 is 5.32 Å². The summed E-state index contributed by atoms with van der Waals surface area (Å²) in [5.74, 6) is -1.54. The van der Waals surface area contributed by atoms with Gasteiger partial charge in [-0.05, 0) is 25.2 Å². The van der Waals surface area contributed by atoms with Gasteiger partial charge in [-0.3, -0.25) is 14.5 Å². The van der Waals surface area contributed by atoms with Gasteiger partial charge in [0.1, 0.15) is 11.6 Å². The molecule has 5 nitrogen and oxygen atoms in total. The van der Waals surface area contributed by atoms with E-state index in [9.17, 15) is 19.1 Å². The SMILES string of the molecule is CNC(=O)CN(C)CC(=O)c1cc(F)ccc1O. The smallest absolute Gasteiger partial charge is 0.233 e. The molecule has 0 bridgehead atoms. The van der Waals surface area contributed by atoms with Gasteiger partial charge in [-0.1, -0.05) is 0 Å². The predicted octanol–water partition coefficient (Wildman–Crippen LogP) is 0.392. The Labute approximate surface area is 104 Å². The van der Waals surface area contributed by atoms with E-state index in [1.165, 1.54) is 11.9 Å². The summed E-state index contributed by atoms with van der Waals surface area (Å²) in [5, 5.41) is 11.9. The van der Waals surface area contributed by atoms with Crippen molar-refractivity contribution in [3.8, 4) is 5.75 Å². The number of rotatable bonds is 5. The fraction of sp³-hybridized carbons (Fsp3) is 0.333. The van der Waals surface area contributed by atoms with Crippen LogP contribution in [0.2, 0.25) is 0 Å². The number of phenols is 1. The Morgan fingerprint density at radius 1 is 1.39 bits per heavy atom. The molecule has 1 aromatic carbocycles. The monoisotopic (exact) mass is 254 g/mol.